The van der Waals surface area contributed by atoms with Crippen LogP contribution in [0.1, 0.15) is 5.56 Å². The second-order valence-corrected chi connectivity index (χ2v) is 7.71. The zero-order valence-corrected chi connectivity index (χ0v) is 17.4. The molecule has 2 aromatic rings. The number of nitriles is 1. The van der Waals surface area contributed by atoms with E-state index in [1.54, 1.807) is 30.3 Å². The SMILES string of the molecule is N#C/C(=C/c1cc(I)c(O)c(I)c1)C(=O)Nc1cccc(Br)c1. The van der Waals surface area contributed by atoms with Crippen molar-refractivity contribution in [3.05, 3.63) is 59.1 Å². The molecule has 0 fully saturated rings. The Morgan fingerprint density at radius 3 is 2.48 bits per heavy atom. The van der Waals surface area contributed by atoms with Crippen LogP contribution >= 0.6 is 61.1 Å². The third-order valence-electron chi connectivity index (χ3n) is 2.80. The van der Waals surface area contributed by atoms with Crippen LogP contribution in [0.3, 0.4) is 0 Å². The molecule has 0 saturated heterocycles. The van der Waals surface area contributed by atoms with Gasteiger partial charge in [0.1, 0.15) is 17.4 Å². The third kappa shape index (κ3) is 4.92. The van der Waals surface area contributed by atoms with Gasteiger partial charge in [0, 0.05) is 10.2 Å². The smallest absolute Gasteiger partial charge is 0.266 e. The highest BCUT2D eigenvalue weighted by Gasteiger charge is 2.11. The Hall–Kier alpha value is -1.12. The van der Waals surface area contributed by atoms with Gasteiger partial charge in [-0.2, -0.15) is 5.26 Å². The zero-order valence-electron chi connectivity index (χ0n) is 11.5. The van der Waals surface area contributed by atoms with E-state index in [0.29, 0.717) is 18.4 Å². The summed E-state index contributed by atoms with van der Waals surface area (Å²) in [6, 6.07) is 12.5. The Balaban J connectivity index is 2.28. The van der Waals surface area contributed by atoms with Gasteiger partial charge in [0.15, 0.2) is 0 Å². The van der Waals surface area contributed by atoms with Gasteiger partial charge in [0.25, 0.3) is 5.91 Å². The minimum atomic E-state index is -0.483. The molecule has 0 aliphatic heterocycles. The normalized spacial score (nSPS) is 11.0. The van der Waals surface area contributed by atoms with Crippen molar-refractivity contribution < 1.29 is 9.90 Å². The molecular weight excluding hydrogens is 586 g/mol. The molecule has 2 N–H and O–H groups in total. The van der Waals surface area contributed by atoms with Crippen molar-refractivity contribution in [2.75, 3.05) is 5.32 Å². The summed E-state index contributed by atoms with van der Waals surface area (Å²) < 4.78 is 2.15. The Labute approximate surface area is 169 Å². The molecule has 2 aromatic carbocycles. The summed E-state index contributed by atoms with van der Waals surface area (Å²) in [6.45, 7) is 0. The number of carbonyl (C=O) groups excluding carboxylic acids is 1. The van der Waals surface area contributed by atoms with Crippen LogP contribution in [0.2, 0.25) is 0 Å². The summed E-state index contributed by atoms with van der Waals surface area (Å²) in [7, 11) is 0. The van der Waals surface area contributed by atoms with Crippen LogP contribution in [0.4, 0.5) is 5.69 Å². The highest BCUT2D eigenvalue weighted by atomic mass is 127. The maximum atomic E-state index is 12.2. The van der Waals surface area contributed by atoms with Gasteiger partial charge in [-0.15, -0.1) is 0 Å². The summed E-state index contributed by atoms with van der Waals surface area (Å²) in [4.78, 5) is 12.2. The van der Waals surface area contributed by atoms with Crippen LogP contribution in [-0.4, -0.2) is 11.0 Å². The standard InChI is InChI=1S/C16H9BrI2N2O2/c17-11-2-1-3-12(7-11)21-16(23)10(8-20)4-9-5-13(18)15(22)14(19)6-9/h1-7,22H,(H,21,23)/b10-4-. The number of rotatable bonds is 3. The van der Waals surface area contributed by atoms with Crippen molar-refractivity contribution >= 4 is 78.8 Å². The van der Waals surface area contributed by atoms with Crippen LogP contribution in [-0.2, 0) is 4.79 Å². The highest BCUT2D eigenvalue weighted by molar-refractivity contribution is 14.1. The molecule has 0 atom stereocenters. The summed E-state index contributed by atoms with van der Waals surface area (Å²) in [5.41, 5.74) is 1.26. The molecule has 0 aliphatic carbocycles. The lowest BCUT2D eigenvalue weighted by Gasteiger charge is -2.06. The van der Waals surface area contributed by atoms with Crippen molar-refractivity contribution in [3.63, 3.8) is 0 Å². The van der Waals surface area contributed by atoms with Gasteiger partial charge in [-0.1, -0.05) is 22.0 Å². The molecule has 4 nitrogen and oxygen atoms in total. The summed E-state index contributed by atoms with van der Waals surface area (Å²) in [5, 5.41) is 21.7. The van der Waals surface area contributed by atoms with Crippen LogP contribution in [0.15, 0.2) is 46.4 Å². The van der Waals surface area contributed by atoms with Gasteiger partial charge >= 0.3 is 0 Å². The topological polar surface area (TPSA) is 73.1 Å². The summed E-state index contributed by atoms with van der Waals surface area (Å²) >= 11 is 7.33. The first-order chi connectivity index (χ1) is 10.9. The number of phenolic OH excluding ortho intramolecular Hbond substituents is 1. The quantitative estimate of drug-likeness (QED) is 0.301. The number of anilines is 1. The lowest BCUT2D eigenvalue weighted by molar-refractivity contribution is -0.112. The Morgan fingerprint density at radius 1 is 1.26 bits per heavy atom. The minimum absolute atomic E-state index is 0.0118. The van der Waals surface area contributed by atoms with Crippen LogP contribution in [0.5, 0.6) is 5.75 Å². The van der Waals surface area contributed by atoms with E-state index < -0.39 is 5.91 Å². The maximum absolute atomic E-state index is 12.2. The van der Waals surface area contributed by atoms with Crippen LogP contribution in [0, 0.1) is 18.5 Å². The van der Waals surface area contributed by atoms with E-state index in [-0.39, 0.29) is 11.3 Å². The van der Waals surface area contributed by atoms with E-state index in [4.69, 9.17) is 0 Å². The molecule has 0 saturated carbocycles. The van der Waals surface area contributed by atoms with Crippen molar-refractivity contribution in [3.8, 4) is 11.8 Å². The number of phenols is 1. The molecule has 0 unspecified atom stereocenters. The summed E-state index contributed by atoms with van der Waals surface area (Å²) in [5.74, 6) is -0.288. The van der Waals surface area contributed by atoms with Gasteiger partial charge in [-0.25, -0.2) is 0 Å². The Kier molecular flexibility index (Phi) is 6.43. The third-order valence-corrected chi connectivity index (χ3v) is 4.94. The molecule has 0 aliphatic rings. The first-order valence-corrected chi connectivity index (χ1v) is 9.22. The van der Waals surface area contributed by atoms with E-state index in [0.717, 1.165) is 4.47 Å². The number of carbonyl (C=O) groups is 1. The van der Waals surface area contributed by atoms with Gasteiger partial charge in [0.2, 0.25) is 0 Å². The van der Waals surface area contributed by atoms with E-state index >= 15 is 0 Å². The number of benzene rings is 2. The number of hydrogen-bond acceptors (Lipinski definition) is 3. The first-order valence-electron chi connectivity index (χ1n) is 6.27. The van der Waals surface area contributed by atoms with Gasteiger partial charge in [0.05, 0.1) is 7.14 Å². The van der Waals surface area contributed by atoms with E-state index in [1.807, 2.05) is 57.3 Å². The average molecular weight is 595 g/mol. The fourth-order valence-corrected chi connectivity index (χ4v) is 3.96. The molecule has 0 heterocycles. The van der Waals surface area contributed by atoms with Crippen molar-refractivity contribution in [1.82, 2.24) is 0 Å². The second-order valence-electron chi connectivity index (χ2n) is 4.47. The second kappa shape index (κ2) is 8.12. The lowest BCUT2D eigenvalue weighted by Crippen LogP contribution is -2.13. The fourth-order valence-electron chi connectivity index (χ4n) is 1.75. The average Bonchev–Trinajstić information content (AvgIpc) is 2.50. The minimum Gasteiger partial charge on any atom is -0.506 e. The zero-order chi connectivity index (χ0) is 17.0. The number of aromatic hydroxyl groups is 1. The predicted octanol–water partition coefficient (Wildman–Crippen LogP) is 4.91. The number of hydrogen-bond donors (Lipinski definition) is 2. The molecule has 1 amide bonds. The van der Waals surface area contributed by atoms with Crippen molar-refractivity contribution in [2.45, 2.75) is 0 Å². The number of nitrogens with zero attached hydrogens (tertiary/aromatic N) is 1. The van der Waals surface area contributed by atoms with Crippen LogP contribution in [0.25, 0.3) is 6.08 Å². The van der Waals surface area contributed by atoms with Crippen molar-refractivity contribution in [1.29, 1.82) is 5.26 Å². The Morgan fingerprint density at radius 2 is 1.91 bits per heavy atom. The van der Waals surface area contributed by atoms with E-state index in [2.05, 4.69) is 21.2 Å². The molecular formula is C16H9BrI2N2O2. The number of amides is 1. The largest absolute Gasteiger partial charge is 0.506 e. The molecule has 0 radical (unpaired) electrons. The molecule has 2 rings (SSSR count). The van der Waals surface area contributed by atoms with Gasteiger partial charge in [-0.3, -0.25) is 4.79 Å². The fraction of sp³-hybridized carbons (Fsp3) is 0. The monoisotopic (exact) mass is 594 g/mol. The Bertz CT molecular complexity index is 821. The maximum Gasteiger partial charge on any atom is 0.266 e. The van der Waals surface area contributed by atoms with Crippen LogP contribution < -0.4 is 5.32 Å². The first kappa shape index (κ1) is 18.2. The number of halogens is 3. The highest BCUT2D eigenvalue weighted by Crippen LogP contribution is 2.28. The van der Waals surface area contributed by atoms with Gasteiger partial charge < -0.3 is 10.4 Å². The van der Waals surface area contributed by atoms with E-state index in [1.165, 1.54) is 6.08 Å². The number of nitrogens with one attached hydrogen (secondary N) is 1. The molecule has 23 heavy (non-hydrogen) atoms. The molecule has 0 bridgehead atoms. The summed E-state index contributed by atoms with van der Waals surface area (Å²) in [6.07, 6.45) is 1.50. The molecule has 7 heteroatoms. The predicted molar refractivity (Wildman–Crippen MR) is 110 cm³/mol. The molecule has 0 aromatic heterocycles. The van der Waals surface area contributed by atoms with Gasteiger partial charge in [-0.05, 0) is 87.2 Å². The molecule has 116 valence electrons. The van der Waals surface area contributed by atoms with E-state index in [9.17, 15) is 15.2 Å². The van der Waals surface area contributed by atoms with Crippen molar-refractivity contribution in [2.24, 2.45) is 0 Å². The molecule has 0 spiro atoms. The lowest BCUT2D eigenvalue weighted by atomic mass is 10.1.